The number of rotatable bonds is 7. The third-order valence-electron chi connectivity index (χ3n) is 2.50. The molecule has 8 heteroatoms. The molecule has 0 bridgehead atoms. The molecule has 0 aliphatic carbocycles. The molecule has 6 nitrogen and oxygen atoms in total. The van der Waals surface area contributed by atoms with Crippen molar-refractivity contribution in [1.82, 2.24) is 10.2 Å². The summed E-state index contributed by atoms with van der Waals surface area (Å²) in [5.41, 5.74) is 5.64. The van der Waals surface area contributed by atoms with Crippen LogP contribution in [-0.2, 0) is 15.3 Å². The maximum atomic E-state index is 11.1. The number of thioether (sulfide) groups is 1. The Labute approximate surface area is 124 Å². The number of carbonyl (C=O) groups is 1. The lowest BCUT2D eigenvalue weighted by Crippen LogP contribution is -2.31. The van der Waals surface area contributed by atoms with Crippen LogP contribution in [0.15, 0.2) is 21.9 Å². The standard InChI is InChI=1S/C12H15N3O3S2/c1-17-12(16)8(13)4-6-19-7-10-14-15-11(18-10)9-3-2-5-20-9/h2-3,5,8H,4,6-7,13H2,1H3. The number of ether oxygens (including phenoxy) is 1. The fourth-order valence-electron chi connectivity index (χ4n) is 1.45. The van der Waals surface area contributed by atoms with Crippen LogP contribution in [0.4, 0.5) is 0 Å². The van der Waals surface area contributed by atoms with Crippen molar-refractivity contribution in [2.24, 2.45) is 5.73 Å². The molecule has 2 rings (SSSR count). The van der Waals surface area contributed by atoms with Gasteiger partial charge in [-0.15, -0.1) is 21.5 Å². The molecule has 2 heterocycles. The van der Waals surface area contributed by atoms with Crippen LogP contribution >= 0.6 is 23.1 Å². The zero-order chi connectivity index (χ0) is 14.4. The summed E-state index contributed by atoms with van der Waals surface area (Å²) < 4.78 is 10.1. The van der Waals surface area contributed by atoms with E-state index in [1.807, 2.05) is 17.5 Å². The first-order valence-electron chi connectivity index (χ1n) is 5.98. The van der Waals surface area contributed by atoms with E-state index in [0.29, 0.717) is 24.0 Å². The lowest BCUT2D eigenvalue weighted by atomic mass is 10.2. The largest absolute Gasteiger partial charge is 0.468 e. The predicted molar refractivity (Wildman–Crippen MR) is 78.4 cm³/mol. The lowest BCUT2D eigenvalue weighted by molar-refractivity contribution is -0.142. The van der Waals surface area contributed by atoms with E-state index < -0.39 is 6.04 Å². The van der Waals surface area contributed by atoms with E-state index in [9.17, 15) is 4.79 Å². The molecule has 2 aromatic rings. The first-order chi connectivity index (χ1) is 9.70. The molecule has 0 aromatic carbocycles. The minimum atomic E-state index is -0.572. The van der Waals surface area contributed by atoms with Crippen molar-refractivity contribution >= 4 is 29.1 Å². The molecular formula is C12H15N3O3S2. The van der Waals surface area contributed by atoms with Crippen molar-refractivity contribution in [2.45, 2.75) is 18.2 Å². The zero-order valence-corrected chi connectivity index (χ0v) is 12.6. The van der Waals surface area contributed by atoms with Crippen LogP contribution in [0, 0.1) is 0 Å². The van der Waals surface area contributed by atoms with Gasteiger partial charge in [0.25, 0.3) is 5.89 Å². The molecule has 1 unspecified atom stereocenters. The minimum Gasteiger partial charge on any atom is -0.468 e. The van der Waals surface area contributed by atoms with Crippen molar-refractivity contribution in [3.63, 3.8) is 0 Å². The van der Waals surface area contributed by atoms with Crippen LogP contribution in [-0.4, -0.2) is 35.1 Å². The van der Waals surface area contributed by atoms with Crippen LogP contribution in [0.5, 0.6) is 0 Å². The Morgan fingerprint density at radius 3 is 3.15 bits per heavy atom. The third-order valence-corrected chi connectivity index (χ3v) is 4.33. The van der Waals surface area contributed by atoms with Gasteiger partial charge in [0.1, 0.15) is 6.04 Å². The predicted octanol–water partition coefficient (Wildman–Crippen LogP) is 1.92. The monoisotopic (exact) mass is 313 g/mol. The van der Waals surface area contributed by atoms with Gasteiger partial charge in [-0.05, 0) is 23.6 Å². The van der Waals surface area contributed by atoms with Crippen LogP contribution in [0.3, 0.4) is 0 Å². The van der Waals surface area contributed by atoms with Gasteiger partial charge in [0.05, 0.1) is 17.7 Å². The molecule has 20 heavy (non-hydrogen) atoms. The van der Waals surface area contributed by atoms with Gasteiger partial charge in [0.2, 0.25) is 5.89 Å². The first kappa shape index (κ1) is 15.0. The molecule has 0 saturated heterocycles. The fraction of sp³-hybridized carbons (Fsp3) is 0.417. The van der Waals surface area contributed by atoms with E-state index in [0.717, 1.165) is 10.6 Å². The van der Waals surface area contributed by atoms with Gasteiger partial charge >= 0.3 is 5.97 Å². The molecule has 0 spiro atoms. The highest BCUT2D eigenvalue weighted by atomic mass is 32.2. The molecule has 2 aromatic heterocycles. The molecule has 0 saturated carbocycles. The lowest BCUT2D eigenvalue weighted by Gasteiger charge is -2.07. The second kappa shape index (κ2) is 7.41. The Hall–Kier alpha value is -1.38. The average Bonchev–Trinajstić information content (AvgIpc) is 3.12. The van der Waals surface area contributed by atoms with E-state index in [-0.39, 0.29) is 5.97 Å². The first-order valence-corrected chi connectivity index (χ1v) is 8.01. The summed E-state index contributed by atoms with van der Waals surface area (Å²) in [7, 11) is 1.33. The molecule has 2 N–H and O–H groups in total. The maximum Gasteiger partial charge on any atom is 0.322 e. The Morgan fingerprint density at radius 2 is 2.45 bits per heavy atom. The number of carbonyl (C=O) groups excluding carboxylic acids is 1. The SMILES string of the molecule is COC(=O)C(N)CCSCc1nnc(-c2cccs2)o1. The summed E-state index contributed by atoms with van der Waals surface area (Å²) in [6.07, 6.45) is 0.559. The fourth-order valence-corrected chi connectivity index (χ4v) is 2.95. The molecule has 0 radical (unpaired) electrons. The van der Waals surface area contributed by atoms with Crippen LogP contribution < -0.4 is 5.73 Å². The van der Waals surface area contributed by atoms with Crippen LogP contribution in [0.1, 0.15) is 12.3 Å². The molecule has 0 fully saturated rings. The Balaban J connectivity index is 1.74. The number of methoxy groups -OCH3 is 1. The third kappa shape index (κ3) is 4.06. The Bertz CT molecular complexity index is 542. The topological polar surface area (TPSA) is 91.2 Å². The van der Waals surface area contributed by atoms with Gasteiger partial charge in [0, 0.05) is 0 Å². The van der Waals surface area contributed by atoms with Gasteiger partial charge in [-0.25, -0.2) is 0 Å². The highest BCUT2D eigenvalue weighted by Crippen LogP contribution is 2.24. The quantitative estimate of drug-likeness (QED) is 0.616. The second-order valence-electron chi connectivity index (χ2n) is 3.95. The number of nitrogens with zero attached hydrogens (tertiary/aromatic N) is 2. The number of hydrogen-bond donors (Lipinski definition) is 1. The van der Waals surface area contributed by atoms with E-state index >= 15 is 0 Å². The molecular weight excluding hydrogens is 298 g/mol. The van der Waals surface area contributed by atoms with Crippen molar-refractivity contribution in [2.75, 3.05) is 12.9 Å². The summed E-state index contributed by atoms with van der Waals surface area (Å²) in [6.45, 7) is 0. The van der Waals surface area contributed by atoms with Crippen LogP contribution in [0.2, 0.25) is 0 Å². The smallest absolute Gasteiger partial charge is 0.322 e. The van der Waals surface area contributed by atoms with Crippen molar-refractivity contribution in [3.05, 3.63) is 23.4 Å². The number of thiophene rings is 1. The molecule has 1 atom stereocenters. The van der Waals surface area contributed by atoms with Crippen molar-refractivity contribution in [3.8, 4) is 10.8 Å². The normalized spacial score (nSPS) is 12.3. The number of hydrogen-bond acceptors (Lipinski definition) is 8. The second-order valence-corrected chi connectivity index (χ2v) is 6.00. The summed E-state index contributed by atoms with van der Waals surface area (Å²) in [5, 5.41) is 9.94. The Morgan fingerprint density at radius 1 is 1.60 bits per heavy atom. The zero-order valence-electron chi connectivity index (χ0n) is 10.9. The van der Waals surface area contributed by atoms with Crippen molar-refractivity contribution in [1.29, 1.82) is 0 Å². The highest BCUT2D eigenvalue weighted by Gasteiger charge is 2.13. The molecule has 0 aliphatic rings. The van der Waals surface area contributed by atoms with Gasteiger partial charge < -0.3 is 14.9 Å². The Kier molecular flexibility index (Phi) is 5.57. The molecule has 0 aliphatic heterocycles. The van der Waals surface area contributed by atoms with E-state index in [2.05, 4.69) is 14.9 Å². The van der Waals surface area contributed by atoms with Gasteiger partial charge in [-0.3, -0.25) is 4.79 Å². The summed E-state index contributed by atoms with van der Waals surface area (Å²) in [4.78, 5) is 12.1. The average molecular weight is 313 g/mol. The summed E-state index contributed by atoms with van der Waals surface area (Å²) >= 11 is 3.15. The summed E-state index contributed by atoms with van der Waals surface area (Å²) in [6, 6.07) is 3.30. The summed E-state index contributed by atoms with van der Waals surface area (Å²) in [5.74, 6) is 2.06. The maximum absolute atomic E-state index is 11.1. The van der Waals surface area contributed by atoms with E-state index in [1.165, 1.54) is 7.11 Å². The van der Waals surface area contributed by atoms with E-state index in [1.54, 1.807) is 23.1 Å². The number of nitrogens with two attached hydrogens (primary N) is 1. The molecule has 108 valence electrons. The van der Waals surface area contributed by atoms with Crippen molar-refractivity contribution < 1.29 is 13.9 Å². The number of esters is 1. The molecule has 0 amide bonds. The van der Waals surface area contributed by atoms with Gasteiger partial charge in [-0.1, -0.05) is 6.07 Å². The highest BCUT2D eigenvalue weighted by molar-refractivity contribution is 7.98. The van der Waals surface area contributed by atoms with E-state index in [4.69, 9.17) is 10.2 Å². The number of aromatic nitrogens is 2. The van der Waals surface area contributed by atoms with Gasteiger partial charge in [0.15, 0.2) is 0 Å². The van der Waals surface area contributed by atoms with Crippen LogP contribution in [0.25, 0.3) is 10.8 Å². The minimum absolute atomic E-state index is 0.386. The van der Waals surface area contributed by atoms with Gasteiger partial charge in [-0.2, -0.15) is 11.8 Å².